The standard InChI is InChI=1S/C17H16F2O/c1-11-9-13(15(19)10-14(11)18)16(20)17(7-8-17)12-5-3-2-4-6-12/h2-6,9-10,16,20H,7-8H2,1H3. The molecule has 2 aromatic rings. The minimum Gasteiger partial charge on any atom is -0.387 e. The van der Waals surface area contributed by atoms with Gasteiger partial charge in [-0.3, -0.25) is 0 Å². The van der Waals surface area contributed by atoms with E-state index in [9.17, 15) is 13.9 Å². The van der Waals surface area contributed by atoms with Gasteiger partial charge in [-0.1, -0.05) is 30.3 Å². The van der Waals surface area contributed by atoms with Crippen molar-refractivity contribution in [3.05, 3.63) is 70.8 Å². The maximum absolute atomic E-state index is 14.0. The molecule has 20 heavy (non-hydrogen) atoms. The molecule has 1 saturated carbocycles. The molecule has 0 bridgehead atoms. The molecule has 3 heteroatoms. The molecule has 0 aromatic heterocycles. The number of aliphatic hydroxyl groups excluding tert-OH is 1. The first-order chi connectivity index (χ1) is 9.54. The Morgan fingerprint density at radius 2 is 1.70 bits per heavy atom. The molecule has 1 nitrogen and oxygen atoms in total. The van der Waals surface area contributed by atoms with Crippen LogP contribution in [0.1, 0.15) is 35.6 Å². The summed E-state index contributed by atoms with van der Waals surface area (Å²) in [5.41, 5.74) is 1.12. The van der Waals surface area contributed by atoms with Crippen LogP contribution in [0.25, 0.3) is 0 Å². The summed E-state index contributed by atoms with van der Waals surface area (Å²) in [5, 5.41) is 10.6. The smallest absolute Gasteiger partial charge is 0.131 e. The van der Waals surface area contributed by atoms with E-state index in [1.165, 1.54) is 6.07 Å². The van der Waals surface area contributed by atoms with E-state index in [2.05, 4.69) is 0 Å². The van der Waals surface area contributed by atoms with E-state index in [0.29, 0.717) is 5.56 Å². The molecule has 0 saturated heterocycles. The molecule has 0 spiro atoms. The van der Waals surface area contributed by atoms with Crippen molar-refractivity contribution >= 4 is 0 Å². The highest BCUT2D eigenvalue weighted by Gasteiger charge is 2.51. The Hall–Kier alpha value is -1.74. The molecule has 3 rings (SSSR count). The van der Waals surface area contributed by atoms with Gasteiger partial charge in [0.15, 0.2) is 0 Å². The third kappa shape index (κ3) is 2.02. The van der Waals surface area contributed by atoms with Crippen molar-refractivity contribution in [2.45, 2.75) is 31.3 Å². The lowest BCUT2D eigenvalue weighted by Gasteiger charge is -2.24. The van der Waals surface area contributed by atoms with Crippen LogP contribution in [0.15, 0.2) is 42.5 Å². The van der Waals surface area contributed by atoms with E-state index in [0.717, 1.165) is 24.5 Å². The van der Waals surface area contributed by atoms with Gasteiger partial charge in [0.1, 0.15) is 11.6 Å². The van der Waals surface area contributed by atoms with Gasteiger partial charge in [0.2, 0.25) is 0 Å². The van der Waals surface area contributed by atoms with Gasteiger partial charge < -0.3 is 5.11 Å². The third-order valence-corrected chi connectivity index (χ3v) is 4.23. The molecule has 0 aliphatic heterocycles. The monoisotopic (exact) mass is 274 g/mol. The van der Waals surface area contributed by atoms with Gasteiger partial charge in [0.05, 0.1) is 6.10 Å². The van der Waals surface area contributed by atoms with Crippen LogP contribution >= 0.6 is 0 Å². The molecular weight excluding hydrogens is 258 g/mol. The molecule has 1 aliphatic rings. The maximum atomic E-state index is 14.0. The summed E-state index contributed by atoms with van der Waals surface area (Å²) < 4.78 is 27.3. The first-order valence-electron chi connectivity index (χ1n) is 6.74. The van der Waals surface area contributed by atoms with E-state index in [1.54, 1.807) is 6.92 Å². The lowest BCUT2D eigenvalue weighted by atomic mass is 9.85. The second-order valence-corrected chi connectivity index (χ2v) is 5.55. The Kier molecular flexibility index (Phi) is 3.09. The van der Waals surface area contributed by atoms with E-state index >= 15 is 0 Å². The van der Waals surface area contributed by atoms with Crippen LogP contribution in [0.3, 0.4) is 0 Å². The maximum Gasteiger partial charge on any atom is 0.131 e. The summed E-state index contributed by atoms with van der Waals surface area (Å²) in [7, 11) is 0. The van der Waals surface area contributed by atoms with Crippen LogP contribution < -0.4 is 0 Å². The Morgan fingerprint density at radius 3 is 2.30 bits per heavy atom. The zero-order valence-corrected chi connectivity index (χ0v) is 11.2. The predicted molar refractivity (Wildman–Crippen MR) is 73.4 cm³/mol. The summed E-state index contributed by atoms with van der Waals surface area (Å²) in [6.45, 7) is 1.58. The second kappa shape index (κ2) is 4.67. The minimum atomic E-state index is -0.941. The summed E-state index contributed by atoms with van der Waals surface area (Å²) in [6.07, 6.45) is 0.687. The fourth-order valence-electron chi connectivity index (χ4n) is 2.81. The SMILES string of the molecule is Cc1cc(C(O)C2(c3ccccc3)CC2)c(F)cc1F. The molecule has 1 atom stereocenters. The zero-order valence-electron chi connectivity index (χ0n) is 11.2. The average Bonchev–Trinajstić information content (AvgIpc) is 3.25. The van der Waals surface area contributed by atoms with Gasteiger partial charge in [0, 0.05) is 17.0 Å². The molecule has 0 heterocycles. The fraction of sp³-hybridized carbons (Fsp3) is 0.294. The van der Waals surface area contributed by atoms with Gasteiger partial charge in [-0.15, -0.1) is 0 Å². The first-order valence-corrected chi connectivity index (χ1v) is 6.74. The lowest BCUT2D eigenvalue weighted by molar-refractivity contribution is 0.128. The molecular formula is C17H16F2O. The van der Waals surface area contributed by atoms with Crippen molar-refractivity contribution in [2.24, 2.45) is 0 Å². The zero-order chi connectivity index (χ0) is 14.3. The second-order valence-electron chi connectivity index (χ2n) is 5.55. The van der Waals surface area contributed by atoms with E-state index in [4.69, 9.17) is 0 Å². The summed E-state index contributed by atoms with van der Waals surface area (Å²) in [4.78, 5) is 0. The van der Waals surface area contributed by atoms with Crippen LogP contribution in [0.5, 0.6) is 0 Å². The molecule has 104 valence electrons. The van der Waals surface area contributed by atoms with Crippen molar-refractivity contribution in [1.82, 2.24) is 0 Å². The van der Waals surface area contributed by atoms with E-state index < -0.39 is 23.2 Å². The molecule has 1 N–H and O–H groups in total. The van der Waals surface area contributed by atoms with Crippen molar-refractivity contribution in [3.63, 3.8) is 0 Å². The fourth-order valence-corrected chi connectivity index (χ4v) is 2.81. The number of hydrogen-bond donors (Lipinski definition) is 1. The van der Waals surface area contributed by atoms with Crippen LogP contribution in [0, 0.1) is 18.6 Å². The van der Waals surface area contributed by atoms with Gasteiger partial charge in [-0.2, -0.15) is 0 Å². The highest BCUT2D eigenvalue weighted by atomic mass is 19.1. The molecule has 2 aromatic carbocycles. The van der Waals surface area contributed by atoms with Crippen molar-refractivity contribution in [3.8, 4) is 0 Å². The topological polar surface area (TPSA) is 20.2 Å². The highest BCUT2D eigenvalue weighted by molar-refractivity contribution is 5.39. The number of hydrogen-bond acceptors (Lipinski definition) is 1. The molecule has 0 radical (unpaired) electrons. The van der Waals surface area contributed by atoms with Crippen molar-refractivity contribution < 1.29 is 13.9 Å². The first kappa shape index (κ1) is 13.3. The normalized spacial score (nSPS) is 17.8. The lowest BCUT2D eigenvalue weighted by Crippen LogP contribution is -2.19. The number of halogens is 2. The largest absolute Gasteiger partial charge is 0.387 e. The van der Waals surface area contributed by atoms with Gasteiger partial charge in [-0.25, -0.2) is 8.78 Å². The van der Waals surface area contributed by atoms with Crippen LogP contribution in [0.4, 0.5) is 8.78 Å². The van der Waals surface area contributed by atoms with Gasteiger partial charge in [0.25, 0.3) is 0 Å². The summed E-state index contributed by atoms with van der Waals surface area (Å²) in [5.74, 6) is -1.26. The molecule has 0 amide bonds. The Bertz CT molecular complexity index is 633. The quantitative estimate of drug-likeness (QED) is 0.895. The Morgan fingerprint density at radius 1 is 1.05 bits per heavy atom. The highest BCUT2D eigenvalue weighted by Crippen LogP contribution is 2.56. The van der Waals surface area contributed by atoms with E-state index in [1.807, 2.05) is 30.3 Å². The van der Waals surface area contributed by atoms with Crippen LogP contribution in [0.2, 0.25) is 0 Å². The number of rotatable bonds is 3. The predicted octanol–water partition coefficient (Wildman–Crippen LogP) is 4.04. The van der Waals surface area contributed by atoms with Crippen LogP contribution in [-0.2, 0) is 5.41 Å². The molecule has 1 aliphatic carbocycles. The van der Waals surface area contributed by atoms with Gasteiger partial charge >= 0.3 is 0 Å². The molecule has 1 unspecified atom stereocenters. The molecule has 1 fully saturated rings. The number of aryl methyl sites for hydroxylation is 1. The number of benzene rings is 2. The van der Waals surface area contributed by atoms with Crippen molar-refractivity contribution in [1.29, 1.82) is 0 Å². The third-order valence-electron chi connectivity index (χ3n) is 4.23. The summed E-state index contributed by atoms with van der Waals surface area (Å²) >= 11 is 0. The summed E-state index contributed by atoms with van der Waals surface area (Å²) in [6, 6.07) is 11.9. The Balaban J connectivity index is 2.01. The average molecular weight is 274 g/mol. The van der Waals surface area contributed by atoms with Crippen LogP contribution in [-0.4, -0.2) is 5.11 Å². The van der Waals surface area contributed by atoms with Crippen molar-refractivity contribution in [2.75, 3.05) is 0 Å². The van der Waals surface area contributed by atoms with E-state index in [-0.39, 0.29) is 5.56 Å². The number of aliphatic hydroxyl groups is 1. The minimum absolute atomic E-state index is 0.185. The Labute approximate surface area is 116 Å². The van der Waals surface area contributed by atoms with Gasteiger partial charge in [-0.05, 0) is 37.0 Å².